The van der Waals surface area contributed by atoms with Crippen LogP contribution in [-0.4, -0.2) is 0 Å². The van der Waals surface area contributed by atoms with Gasteiger partial charge in [-0.25, -0.2) is 0 Å². The molecule has 2 saturated carbocycles. The van der Waals surface area contributed by atoms with Crippen LogP contribution in [0.2, 0.25) is 0 Å². The molecule has 0 heterocycles. The molecular weight excluding hydrogens is 156 g/mol. The van der Waals surface area contributed by atoms with Crippen molar-refractivity contribution in [2.75, 3.05) is 0 Å². The van der Waals surface area contributed by atoms with E-state index in [9.17, 15) is 0 Å². The lowest BCUT2D eigenvalue weighted by Gasteiger charge is -2.48. The third-order valence-electron chi connectivity index (χ3n) is 4.36. The van der Waals surface area contributed by atoms with Crippen molar-refractivity contribution in [3.8, 4) is 0 Å². The van der Waals surface area contributed by atoms with E-state index in [-0.39, 0.29) is 0 Å². The van der Waals surface area contributed by atoms with E-state index in [4.69, 9.17) is 0 Å². The van der Waals surface area contributed by atoms with Gasteiger partial charge in [-0.2, -0.15) is 0 Å². The number of fused-ring (bicyclic) bond motifs is 1. The highest BCUT2D eigenvalue weighted by molar-refractivity contribution is 4.91. The first-order valence-corrected chi connectivity index (χ1v) is 6.42. The van der Waals surface area contributed by atoms with Gasteiger partial charge in [0.2, 0.25) is 0 Å². The molecule has 0 aromatic carbocycles. The van der Waals surface area contributed by atoms with E-state index in [2.05, 4.69) is 6.92 Å². The lowest BCUT2D eigenvalue weighted by Crippen LogP contribution is -2.38. The summed E-state index contributed by atoms with van der Waals surface area (Å²) in [5, 5.41) is 0. The monoisotopic (exact) mass is 180 g/mol. The smallest absolute Gasteiger partial charge is 0.0357 e. The summed E-state index contributed by atoms with van der Waals surface area (Å²) in [5.41, 5.74) is 0. The average Bonchev–Trinajstić information content (AvgIpc) is 2.13. The maximum absolute atomic E-state index is 2.31. The Morgan fingerprint density at radius 1 is 1.08 bits per heavy atom. The molecule has 0 radical (unpaired) electrons. The molecule has 2 aliphatic rings. The molecular formula is C13H24. The van der Waals surface area contributed by atoms with Gasteiger partial charge in [0.05, 0.1) is 0 Å². The molecule has 0 nitrogen and oxygen atoms in total. The standard InChI is InChI=1S/C13H24/c1-2-3-4-7-11-10-12-8-5-6-9-13(11)12/h11-13H,2-10H2,1H3. The molecule has 0 saturated heterocycles. The van der Waals surface area contributed by atoms with Crippen LogP contribution in [0.25, 0.3) is 0 Å². The lowest BCUT2D eigenvalue weighted by molar-refractivity contribution is 0.0226. The molecule has 0 aromatic rings. The van der Waals surface area contributed by atoms with Crippen molar-refractivity contribution >= 4 is 0 Å². The molecule has 13 heavy (non-hydrogen) atoms. The quantitative estimate of drug-likeness (QED) is 0.563. The van der Waals surface area contributed by atoms with Crippen molar-refractivity contribution in [1.29, 1.82) is 0 Å². The van der Waals surface area contributed by atoms with E-state index < -0.39 is 0 Å². The van der Waals surface area contributed by atoms with Crippen molar-refractivity contribution in [1.82, 2.24) is 0 Å². The van der Waals surface area contributed by atoms with E-state index in [1.165, 1.54) is 43.9 Å². The second kappa shape index (κ2) is 4.48. The van der Waals surface area contributed by atoms with E-state index in [1.807, 2.05) is 0 Å². The molecule has 2 rings (SSSR count). The van der Waals surface area contributed by atoms with Crippen LogP contribution >= 0.6 is 0 Å². The summed E-state index contributed by atoms with van der Waals surface area (Å²) < 4.78 is 0. The molecule has 0 aliphatic heterocycles. The lowest BCUT2D eigenvalue weighted by atomic mass is 9.57. The van der Waals surface area contributed by atoms with Gasteiger partial charge < -0.3 is 0 Å². The fourth-order valence-electron chi connectivity index (χ4n) is 3.51. The molecule has 0 aromatic heterocycles. The summed E-state index contributed by atoms with van der Waals surface area (Å²) in [4.78, 5) is 0. The van der Waals surface area contributed by atoms with E-state index in [1.54, 1.807) is 25.7 Å². The molecule has 76 valence electrons. The molecule has 0 spiro atoms. The summed E-state index contributed by atoms with van der Waals surface area (Å²) in [6.45, 7) is 2.31. The minimum absolute atomic E-state index is 1.15. The molecule has 3 atom stereocenters. The van der Waals surface area contributed by atoms with Gasteiger partial charge >= 0.3 is 0 Å². The summed E-state index contributed by atoms with van der Waals surface area (Å²) in [6, 6.07) is 0. The zero-order chi connectivity index (χ0) is 9.10. The summed E-state index contributed by atoms with van der Waals surface area (Å²) in [5.74, 6) is 3.49. The largest absolute Gasteiger partial charge is 0.0654 e. The zero-order valence-corrected chi connectivity index (χ0v) is 9.10. The van der Waals surface area contributed by atoms with Crippen molar-refractivity contribution < 1.29 is 0 Å². The van der Waals surface area contributed by atoms with Gasteiger partial charge in [-0.05, 0) is 30.6 Å². The highest BCUT2D eigenvalue weighted by atomic mass is 14.5. The number of unbranched alkanes of at least 4 members (excludes halogenated alkanes) is 2. The fourth-order valence-corrected chi connectivity index (χ4v) is 3.51. The van der Waals surface area contributed by atoms with Crippen molar-refractivity contribution in [2.45, 2.75) is 64.7 Å². The molecule has 0 amide bonds. The Labute approximate surface area is 83.1 Å². The van der Waals surface area contributed by atoms with Crippen LogP contribution in [0, 0.1) is 17.8 Å². The Morgan fingerprint density at radius 2 is 1.92 bits per heavy atom. The number of hydrogen-bond donors (Lipinski definition) is 0. The minimum atomic E-state index is 1.15. The minimum Gasteiger partial charge on any atom is -0.0654 e. The van der Waals surface area contributed by atoms with Crippen LogP contribution in [0.1, 0.15) is 64.7 Å². The first-order chi connectivity index (χ1) is 6.42. The van der Waals surface area contributed by atoms with Crippen LogP contribution in [-0.2, 0) is 0 Å². The van der Waals surface area contributed by atoms with Gasteiger partial charge in [-0.3, -0.25) is 0 Å². The number of rotatable bonds is 4. The molecule has 2 fully saturated rings. The van der Waals surface area contributed by atoms with Gasteiger partial charge in [0.1, 0.15) is 0 Å². The molecule has 0 heteroatoms. The third kappa shape index (κ3) is 2.08. The van der Waals surface area contributed by atoms with Crippen LogP contribution in [0.15, 0.2) is 0 Å². The normalized spacial score (nSPS) is 38.1. The Hall–Kier alpha value is 0. The third-order valence-corrected chi connectivity index (χ3v) is 4.36. The van der Waals surface area contributed by atoms with Gasteiger partial charge in [0.15, 0.2) is 0 Å². The van der Waals surface area contributed by atoms with E-state index in [0.717, 1.165) is 5.92 Å². The average molecular weight is 180 g/mol. The zero-order valence-electron chi connectivity index (χ0n) is 9.10. The second-order valence-electron chi connectivity index (χ2n) is 5.20. The Kier molecular flexibility index (Phi) is 3.29. The molecule has 0 bridgehead atoms. The van der Waals surface area contributed by atoms with E-state index in [0.29, 0.717) is 0 Å². The Balaban J connectivity index is 1.66. The summed E-state index contributed by atoms with van der Waals surface area (Å²) >= 11 is 0. The Bertz CT molecular complexity index is 150. The molecule has 0 N–H and O–H groups in total. The van der Waals surface area contributed by atoms with Crippen molar-refractivity contribution in [3.63, 3.8) is 0 Å². The summed E-state index contributed by atoms with van der Waals surface area (Å²) in [6.07, 6.45) is 13.7. The van der Waals surface area contributed by atoms with Crippen LogP contribution in [0.3, 0.4) is 0 Å². The van der Waals surface area contributed by atoms with Crippen LogP contribution in [0.5, 0.6) is 0 Å². The van der Waals surface area contributed by atoms with Gasteiger partial charge in [0, 0.05) is 0 Å². The highest BCUT2D eigenvalue weighted by Gasteiger charge is 2.40. The predicted octanol–water partition coefficient (Wildman–Crippen LogP) is 4.39. The maximum atomic E-state index is 2.31. The van der Waals surface area contributed by atoms with Crippen molar-refractivity contribution in [2.24, 2.45) is 17.8 Å². The second-order valence-corrected chi connectivity index (χ2v) is 5.20. The van der Waals surface area contributed by atoms with Gasteiger partial charge in [0.25, 0.3) is 0 Å². The van der Waals surface area contributed by atoms with Crippen molar-refractivity contribution in [3.05, 3.63) is 0 Å². The summed E-state index contributed by atoms with van der Waals surface area (Å²) in [7, 11) is 0. The van der Waals surface area contributed by atoms with Gasteiger partial charge in [-0.15, -0.1) is 0 Å². The first kappa shape index (κ1) is 9.55. The topological polar surface area (TPSA) is 0 Å². The maximum Gasteiger partial charge on any atom is -0.0357 e. The van der Waals surface area contributed by atoms with Gasteiger partial charge in [-0.1, -0.05) is 51.9 Å². The molecule has 2 aliphatic carbocycles. The molecule has 3 unspecified atom stereocenters. The first-order valence-electron chi connectivity index (χ1n) is 6.42. The number of hydrogen-bond acceptors (Lipinski definition) is 0. The van der Waals surface area contributed by atoms with Crippen LogP contribution in [0.4, 0.5) is 0 Å². The van der Waals surface area contributed by atoms with E-state index >= 15 is 0 Å². The predicted molar refractivity (Wildman–Crippen MR) is 57.7 cm³/mol. The highest BCUT2D eigenvalue weighted by Crippen LogP contribution is 2.51. The van der Waals surface area contributed by atoms with Crippen LogP contribution < -0.4 is 0 Å². The Morgan fingerprint density at radius 3 is 2.69 bits per heavy atom. The SMILES string of the molecule is CCCCCC1CC2CCCCC12. The fraction of sp³-hybridized carbons (Fsp3) is 1.00.